The highest BCUT2D eigenvalue weighted by Gasteiger charge is 2.46. The number of aliphatic imine (C=N–C) groups is 1. The average molecular weight is 514 g/mol. The minimum Gasteiger partial charge on any atom is -0.477 e. The van der Waals surface area contributed by atoms with Crippen LogP contribution in [0.25, 0.3) is 0 Å². The molecule has 0 saturated heterocycles. The number of amides is 2. The summed E-state index contributed by atoms with van der Waals surface area (Å²) in [6.07, 6.45) is -0.864. The van der Waals surface area contributed by atoms with Gasteiger partial charge in [-0.15, -0.1) is 0 Å². The van der Waals surface area contributed by atoms with Crippen molar-refractivity contribution in [3.05, 3.63) is 30.3 Å². The molecule has 35 heavy (non-hydrogen) atoms. The molecule has 192 valence electrons. The second-order valence-electron chi connectivity index (χ2n) is 7.27. The molecule has 0 saturated carbocycles. The Morgan fingerprint density at radius 1 is 1.29 bits per heavy atom. The number of aliphatic hydroxyl groups excluding tert-OH is 1. The van der Waals surface area contributed by atoms with E-state index in [4.69, 9.17) is 20.9 Å². The molecule has 15 nitrogen and oxygen atoms in total. The van der Waals surface area contributed by atoms with Crippen LogP contribution in [0.5, 0.6) is 0 Å². The summed E-state index contributed by atoms with van der Waals surface area (Å²) >= 11 is 1.29. The fraction of sp³-hybridized carbons (Fsp3) is 0.474. The number of aromatic nitrogens is 2. The Bertz CT molecular complexity index is 944. The minimum absolute atomic E-state index is 0.168. The van der Waals surface area contributed by atoms with Gasteiger partial charge in [0, 0.05) is 37.2 Å². The third kappa shape index (κ3) is 8.49. The quantitative estimate of drug-likeness (QED) is 0.0613. The van der Waals surface area contributed by atoms with Gasteiger partial charge >= 0.3 is 18.2 Å². The first-order valence-electron chi connectivity index (χ1n) is 10.3. The molecule has 5 atom stereocenters. The Morgan fingerprint density at radius 2 is 1.97 bits per heavy atom. The van der Waals surface area contributed by atoms with Crippen molar-refractivity contribution in [1.29, 1.82) is 0 Å². The number of aliphatic carboxylic acids is 1. The second kappa shape index (κ2) is 13.2. The number of aliphatic hydroxyl groups is 1. The number of carbonyl (C=O) groups is 3. The molecular weight excluding hydrogens is 486 g/mol. The zero-order chi connectivity index (χ0) is 26.0. The molecule has 2 rings (SSSR count). The van der Waals surface area contributed by atoms with Crippen molar-refractivity contribution in [3.63, 3.8) is 0 Å². The Balaban J connectivity index is 2.19. The van der Waals surface area contributed by atoms with Crippen LogP contribution in [0, 0.1) is 5.92 Å². The molecule has 1 aromatic rings. The summed E-state index contributed by atoms with van der Waals surface area (Å²) in [5.74, 6) is -2.85. The molecule has 0 radical (unpaired) electrons. The number of ether oxygens (including phenoxy) is 2. The summed E-state index contributed by atoms with van der Waals surface area (Å²) in [5, 5.41) is 33.7. The van der Waals surface area contributed by atoms with Crippen LogP contribution in [0.3, 0.4) is 0 Å². The molecule has 16 heteroatoms. The summed E-state index contributed by atoms with van der Waals surface area (Å²) in [6, 6.07) is -0.774. The SMILES string of the molecule is C[C@H](CO)[C@@H](OC(=O)NCCSc1ncccn1)[C@@H]1OC(C(=O)O)=C[C@H](N=C(N)N)[C@H]1NC(=O)O. The van der Waals surface area contributed by atoms with Crippen LogP contribution in [-0.2, 0) is 14.3 Å². The standard InChI is InChI=1S/C19H27N7O8S/c1-9(8-27)13(34-19(32)24-5-6-35-17-22-3-2-4-23-17)14-12(26-18(30)31)10(25-16(20)21)7-11(33-14)15(28)29/h2-4,7,9-10,12-14,26-27H,5-6,8H2,1H3,(H,24,32)(H,28,29)(H,30,31)(H4,20,21,25)/t9-,10+,12-,13-,14-/m1/s1. The van der Waals surface area contributed by atoms with Crippen molar-refractivity contribution in [3.8, 4) is 0 Å². The Hall–Kier alpha value is -3.79. The van der Waals surface area contributed by atoms with Gasteiger partial charge in [-0.2, -0.15) is 0 Å². The first-order chi connectivity index (χ1) is 16.6. The minimum atomic E-state index is -1.48. The molecule has 2 amide bonds. The normalized spacial score (nSPS) is 20.9. The van der Waals surface area contributed by atoms with E-state index in [1.807, 2.05) is 0 Å². The smallest absolute Gasteiger partial charge is 0.407 e. The van der Waals surface area contributed by atoms with Crippen molar-refractivity contribution >= 4 is 35.9 Å². The number of hydrogen-bond acceptors (Lipinski definition) is 10. The maximum absolute atomic E-state index is 12.5. The summed E-state index contributed by atoms with van der Waals surface area (Å²) in [6.45, 7) is 1.19. The van der Waals surface area contributed by atoms with Crippen LogP contribution in [0.1, 0.15) is 6.92 Å². The average Bonchev–Trinajstić information content (AvgIpc) is 2.80. The molecule has 1 aliphatic heterocycles. The van der Waals surface area contributed by atoms with Gasteiger partial charge < -0.3 is 46.9 Å². The van der Waals surface area contributed by atoms with E-state index < -0.39 is 66.7 Å². The first-order valence-corrected chi connectivity index (χ1v) is 11.3. The summed E-state index contributed by atoms with van der Waals surface area (Å²) < 4.78 is 10.9. The van der Waals surface area contributed by atoms with Crippen LogP contribution < -0.4 is 22.1 Å². The molecule has 1 aliphatic rings. The van der Waals surface area contributed by atoms with Crippen LogP contribution in [0.4, 0.5) is 9.59 Å². The highest BCUT2D eigenvalue weighted by molar-refractivity contribution is 7.99. The fourth-order valence-electron chi connectivity index (χ4n) is 3.14. The first kappa shape index (κ1) is 27.5. The van der Waals surface area contributed by atoms with E-state index in [-0.39, 0.29) is 6.54 Å². The Labute approximate surface area is 204 Å². The lowest BCUT2D eigenvalue weighted by Gasteiger charge is -2.40. The molecule has 0 aromatic carbocycles. The fourth-order valence-corrected chi connectivity index (χ4v) is 3.79. The Kier molecular flexibility index (Phi) is 10.3. The van der Waals surface area contributed by atoms with E-state index >= 15 is 0 Å². The third-order valence-electron chi connectivity index (χ3n) is 4.67. The summed E-state index contributed by atoms with van der Waals surface area (Å²) in [5.41, 5.74) is 10.8. The molecule has 2 heterocycles. The van der Waals surface area contributed by atoms with Crippen molar-refractivity contribution in [1.82, 2.24) is 20.6 Å². The van der Waals surface area contributed by atoms with E-state index in [1.54, 1.807) is 18.5 Å². The molecule has 0 bridgehead atoms. The van der Waals surface area contributed by atoms with Crippen molar-refractivity contribution < 1.29 is 39.2 Å². The van der Waals surface area contributed by atoms with Gasteiger partial charge in [0.2, 0.25) is 5.76 Å². The maximum atomic E-state index is 12.5. The highest BCUT2D eigenvalue weighted by atomic mass is 32.2. The molecule has 9 N–H and O–H groups in total. The largest absolute Gasteiger partial charge is 0.477 e. The van der Waals surface area contributed by atoms with Crippen molar-refractivity contribution in [2.24, 2.45) is 22.4 Å². The number of carbonyl (C=O) groups excluding carboxylic acids is 1. The van der Waals surface area contributed by atoms with Crippen LogP contribution in [-0.4, -0.2) is 92.6 Å². The molecule has 1 aromatic heterocycles. The van der Waals surface area contributed by atoms with Crippen LogP contribution >= 0.6 is 11.8 Å². The monoisotopic (exact) mass is 513 g/mol. The zero-order valence-electron chi connectivity index (χ0n) is 18.6. The van der Waals surface area contributed by atoms with E-state index in [2.05, 4.69) is 25.6 Å². The summed E-state index contributed by atoms with van der Waals surface area (Å²) in [7, 11) is 0. The lowest BCUT2D eigenvalue weighted by Crippen LogP contribution is -2.60. The number of thioether (sulfide) groups is 1. The lowest BCUT2D eigenvalue weighted by molar-refractivity contribution is -0.142. The number of nitrogens with zero attached hydrogens (tertiary/aromatic N) is 3. The van der Waals surface area contributed by atoms with Crippen molar-refractivity contribution in [2.75, 3.05) is 18.9 Å². The molecule has 0 fully saturated rings. The number of nitrogens with one attached hydrogen (secondary N) is 2. The van der Waals surface area contributed by atoms with Gasteiger partial charge in [-0.1, -0.05) is 18.7 Å². The van der Waals surface area contributed by atoms with Gasteiger partial charge in [0.25, 0.3) is 0 Å². The number of rotatable bonds is 11. The van der Waals surface area contributed by atoms with E-state index in [0.29, 0.717) is 10.9 Å². The number of carboxylic acid groups (broad SMARTS) is 2. The predicted octanol–water partition coefficient (Wildman–Crippen LogP) is -1.06. The van der Waals surface area contributed by atoms with E-state index in [0.717, 1.165) is 6.08 Å². The molecule has 0 unspecified atom stereocenters. The van der Waals surface area contributed by atoms with Crippen LogP contribution in [0.2, 0.25) is 0 Å². The number of hydrogen-bond donors (Lipinski definition) is 7. The van der Waals surface area contributed by atoms with Crippen LogP contribution in [0.15, 0.2) is 40.4 Å². The van der Waals surface area contributed by atoms with Gasteiger partial charge in [-0.05, 0) is 12.1 Å². The number of nitrogens with two attached hydrogens (primary N) is 2. The van der Waals surface area contributed by atoms with Gasteiger partial charge in [0.15, 0.2) is 17.2 Å². The lowest BCUT2D eigenvalue weighted by atomic mass is 9.89. The number of alkyl carbamates (subject to hydrolysis) is 1. The summed E-state index contributed by atoms with van der Waals surface area (Å²) in [4.78, 5) is 47.5. The zero-order valence-corrected chi connectivity index (χ0v) is 19.4. The van der Waals surface area contributed by atoms with E-state index in [1.165, 1.54) is 18.7 Å². The molecule has 0 spiro atoms. The third-order valence-corrected chi connectivity index (χ3v) is 5.54. The second-order valence-corrected chi connectivity index (χ2v) is 8.34. The number of carboxylic acids is 1. The highest BCUT2D eigenvalue weighted by Crippen LogP contribution is 2.28. The molecular formula is C19H27N7O8S. The topological polar surface area (TPSA) is 245 Å². The van der Waals surface area contributed by atoms with Gasteiger partial charge in [0.05, 0.1) is 12.1 Å². The van der Waals surface area contributed by atoms with Gasteiger partial charge in [0.1, 0.15) is 6.10 Å². The van der Waals surface area contributed by atoms with E-state index in [9.17, 15) is 29.7 Å². The van der Waals surface area contributed by atoms with Gasteiger partial charge in [-0.3, -0.25) is 0 Å². The predicted molar refractivity (Wildman–Crippen MR) is 122 cm³/mol. The number of guanidine groups is 1. The van der Waals surface area contributed by atoms with Crippen molar-refractivity contribution in [2.45, 2.75) is 36.4 Å². The maximum Gasteiger partial charge on any atom is 0.407 e. The Morgan fingerprint density at radius 3 is 2.54 bits per heavy atom. The van der Waals surface area contributed by atoms with Gasteiger partial charge in [-0.25, -0.2) is 29.3 Å². The molecule has 0 aliphatic carbocycles.